The van der Waals surface area contributed by atoms with E-state index < -0.39 is 29.7 Å². The van der Waals surface area contributed by atoms with E-state index in [1.807, 2.05) is 6.92 Å². The van der Waals surface area contributed by atoms with Crippen LogP contribution < -0.4 is 5.32 Å². The Morgan fingerprint density at radius 2 is 1.82 bits per heavy atom. The van der Waals surface area contributed by atoms with Gasteiger partial charge in [-0.1, -0.05) is 0 Å². The first-order valence-electron chi connectivity index (χ1n) is 8.36. The van der Waals surface area contributed by atoms with Crippen molar-refractivity contribution in [3.05, 3.63) is 52.9 Å². The van der Waals surface area contributed by atoms with Crippen molar-refractivity contribution in [2.45, 2.75) is 33.1 Å². The summed E-state index contributed by atoms with van der Waals surface area (Å²) in [7, 11) is 1.78. The highest BCUT2D eigenvalue weighted by atomic mass is 19.4. The molecular formula is C19H20F3N3O3. The maximum atomic E-state index is 12.5. The normalized spacial score (nSPS) is 12.8. The van der Waals surface area contributed by atoms with Gasteiger partial charge in [0.25, 0.3) is 5.91 Å². The number of esters is 1. The molecule has 28 heavy (non-hydrogen) atoms. The topological polar surface area (TPSA) is 73.2 Å². The summed E-state index contributed by atoms with van der Waals surface area (Å²) in [5.41, 5.74) is 1.74. The number of ether oxygens (including phenoxy) is 1. The molecule has 0 fully saturated rings. The molecule has 1 amide bonds. The van der Waals surface area contributed by atoms with Gasteiger partial charge in [-0.25, -0.2) is 4.79 Å². The molecule has 0 unspecified atom stereocenters. The van der Waals surface area contributed by atoms with Gasteiger partial charge in [0.1, 0.15) is 0 Å². The number of anilines is 1. The largest absolute Gasteiger partial charge is 0.449 e. The second kappa shape index (κ2) is 8.28. The van der Waals surface area contributed by atoms with Gasteiger partial charge in [-0.05, 0) is 51.1 Å². The fourth-order valence-electron chi connectivity index (χ4n) is 2.44. The van der Waals surface area contributed by atoms with E-state index in [0.29, 0.717) is 0 Å². The SMILES string of the molecule is Cc1nn(C)c(C)c1/C=C/C(=O)O[C@@H](C)C(=O)Nc1ccc(C(F)(F)F)cc1. The lowest BCUT2D eigenvalue weighted by Crippen LogP contribution is -2.29. The Morgan fingerprint density at radius 1 is 1.21 bits per heavy atom. The van der Waals surface area contributed by atoms with E-state index >= 15 is 0 Å². The Bertz CT molecular complexity index is 900. The number of carbonyl (C=O) groups excluding carboxylic acids is 2. The maximum absolute atomic E-state index is 12.5. The Morgan fingerprint density at radius 3 is 2.32 bits per heavy atom. The van der Waals surface area contributed by atoms with Gasteiger partial charge in [-0.3, -0.25) is 9.48 Å². The molecular weight excluding hydrogens is 375 g/mol. The Kier molecular flexibility index (Phi) is 6.27. The zero-order chi connectivity index (χ0) is 21.1. The molecule has 1 heterocycles. The number of nitrogens with zero attached hydrogens (tertiary/aromatic N) is 2. The fourth-order valence-corrected chi connectivity index (χ4v) is 2.44. The van der Waals surface area contributed by atoms with Crippen LogP contribution in [0.15, 0.2) is 30.3 Å². The summed E-state index contributed by atoms with van der Waals surface area (Å²) in [6.45, 7) is 5.02. The van der Waals surface area contributed by atoms with Crippen molar-refractivity contribution < 1.29 is 27.5 Å². The average Bonchev–Trinajstić information content (AvgIpc) is 2.84. The summed E-state index contributed by atoms with van der Waals surface area (Å²) < 4.78 is 44.3. The lowest BCUT2D eigenvalue weighted by atomic mass is 10.2. The van der Waals surface area contributed by atoms with Gasteiger partial charge >= 0.3 is 12.1 Å². The molecule has 0 saturated carbocycles. The molecule has 2 rings (SSSR count). The van der Waals surface area contributed by atoms with E-state index in [-0.39, 0.29) is 5.69 Å². The predicted molar refractivity (Wildman–Crippen MR) is 97.3 cm³/mol. The van der Waals surface area contributed by atoms with Crippen molar-refractivity contribution in [3.8, 4) is 0 Å². The molecule has 1 N–H and O–H groups in total. The van der Waals surface area contributed by atoms with Crippen molar-refractivity contribution in [1.29, 1.82) is 0 Å². The molecule has 1 atom stereocenters. The van der Waals surface area contributed by atoms with Crippen LogP contribution in [-0.4, -0.2) is 27.8 Å². The number of aryl methyl sites for hydroxylation is 2. The number of halogens is 3. The molecule has 0 saturated heterocycles. The Hall–Kier alpha value is -3.10. The maximum Gasteiger partial charge on any atom is 0.416 e. The third-order valence-corrected chi connectivity index (χ3v) is 4.09. The minimum atomic E-state index is -4.46. The minimum absolute atomic E-state index is 0.165. The lowest BCUT2D eigenvalue weighted by Gasteiger charge is -2.13. The van der Waals surface area contributed by atoms with E-state index in [0.717, 1.165) is 41.2 Å². The van der Waals surface area contributed by atoms with Crippen molar-refractivity contribution in [1.82, 2.24) is 9.78 Å². The summed E-state index contributed by atoms with van der Waals surface area (Å²) in [6.07, 6.45) is -2.84. The number of aromatic nitrogens is 2. The number of nitrogens with one attached hydrogen (secondary N) is 1. The van der Waals surface area contributed by atoms with Crippen LogP contribution in [0, 0.1) is 13.8 Å². The second-order valence-electron chi connectivity index (χ2n) is 6.18. The van der Waals surface area contributed by atoms with Gasteiger partial charge in [0.15, 0.2) is 6.10 Å². The van der Waals surface area contributed by atoms with E-state index in [4.69, 9.17) is 4.74 Å². The summed E-state index contributed by atoms with van der Waals surface area (Å²) in [6, 6.07) is 3.97. The first-order valence-corrected chi connectivity index (χ1v) is 8.36. The van der Waals surface area contributed by atoms with Crippen LogP contribution in [0.4, 0.5) is 18.9 Å². The molecule has 9 heteroatoms. The third kappa shape index (κ3) is 5.21. The van der Waals surface area contributed by atoms with Crippen LogP contribution in [0.3, 0.4) is 0 Å². The number of hydrogen-bond donors (Lipinski definition) is 1. The van der Waals surface area contributed by atoms with Crippen molar-refractivity contribution in [2.24, 2.45) is 7.05 Å². The molecule has 0 aliphatic heterocycles. The number of rotatable bonds is 5. The molecule has 150 valence electrons. The van der Waals surface area contributed by atoms with Crippen molar-refractivity contribution in [3.63, 3.8) is 0 Å². The van der Waals surface area contributed by atoms with Gasteiger partial charge in [-0.2, -0.15) is 18.3 Å². The molecule has 6 nitrogen and oxygen atoms in total. The van der Waals surface area contributed by atoms with E-state index in [1.165, 1.54) is 13.0 Å². The van der Waals surface area contributed by atoms with Crippen LogP contribution >= 0.6 is 0 Å². The van der Waals surface area contributed by atoms with Gasteiger partial charge < -0.3 is 10.1 Å². The first-order chi connectivity index (χ1) is 13.0. The van der Waals surface area contributed by atoms with E-state index in [9.17, 15) is 22.8 Å². The summed E-state index contributed by atoms with van der Waals surface area (Å²) >= 11 is 0. The van der Waals surface area contributed by atoms with Gasteiger partial charge in [0.2, 0.25) is 0 Å². The number of amides is 1. The summed E-state index contributed by atoms with van der Waals surface area (Å²) in [4.78, 5) is 24.0. The van der Waals surface area contributed by atoms with Gasteiger partial charge in [-0.15, -0.1) is 0 Å². The van der Waals surface area contributed by atoms with Crippen LogP contribution in [0.5, 0.6) is 0 Å². The Labute approximate surface area is 160 Å². The highest BCUT2D eigenvalue weighted by Crippen LogP contribution is 2.29. The lowest BCUT2D eigenvalue weighted by molar-refractivity contribution is -0.148. The quantitative estimate of drug-likeness (QED) is 0.620. The molecule has 0 bridgehead atoms. The zero-order valence-corrected chi connectivity index (χ0v) is 15.8. The van der Waals surface area contributed by atoms with Crippen molar-refractivity contribution >= 4 is 23.6 Å². The highest BCUT2D eigenvalue weighted by Gasteiger charge is 2.30. The fraction of sp³-hybridized carbons (Fsp3) is 0.316. The van der Waals surface area contributed by atoms with E-state index in [1.54, 1.807) is 24.7 Å². The molecule has 1 aromatic heterocycles. The third-order valence-electron chi connectivity index (χ3n) is 4.09. The van der Waals surface area contributed by atoms with Crippen molar-refractivity contribution in [2.75, 3.05) is 5.32 Å². The Balaban J connectivity index is 1.94. The first kappa shape index (κ1) is 21.2. The average molecular weight is 395 g/mol. The zero-order valence-electron chi connectivity index (χ0n) is 15.8. The molecule has 0 radical (unpaired) electrons. The van der Waals surface area contributed by atoms with E-state index in [2.05, 4.69) is 10.4 Å². The number of benzene rings is 1. The standard InChI is InChI=1S/C19H20F3N3O3/c1-11-16(12(2)25(4)24-11)9-10-17(26)28-13(3)18(27)23-15-7-5-14(6-8-15)19(20,21)22/h5-10,13H,1-4H3,(H,23,27)/b10-9+/t13-/m0/s1. The van der Waals surface area contributed by atoms with Crippen LogP contribution in [-0.2, 0) is 27.5 Å². The molecule has 0 aliphatic carbocycles. The minimum Gasteiger partial charge on any atom is -0.449 e. The highest BCUT2D eigenvalue weighted by molar-refractivity contribution is 5.96. The predicted octanol–water partition coefficient (Wildman–Crippen LogP) is 3.64. The second-order valence-corrected chi connectivity index (χ2v) is 6.18. The number of carbonyl (C=O) groups is 2. The smallest absolute Gasteiger partial charge is 0.416 e. The number of alkyl halides is 3. The monoisotopic (exact) mass is 395 g/mol. The molecule has 0 spiro atoms. The number of hydrogen-bond acceptors (Lipinski definition) is 4. The molecule has 0 aliphatic rings. The van der Waals surface area contributed by atoms with Gasteiger partial charge in [0, 0.05) is 30.1 Å². The van der Waals surface area contributed by atoms with Crippen LogP contribution in [0.25, 0.3) is 6.08 Å². The van der Waals surface area contributed by atoms with Gasteiger partial charge in [0.05, 0.1) is 11.3 Å². The van der Waals surface area contributed by atoms with Crippen LogP contribution in [0.2, 0.25) is 0 Å². The summed E-state index contributed by atoms with van der Waals surface area (Å²) in [5, 5.41) is 6.62. The van der Waals surface area contributed by atoms with Crippen LogP contribution in [0.1, 0.15) is 29.4 Å². The summed E-state index contributed by atoms with van der Waals surface area (Å²) in [5.74, 6) is -1.38. The molecule has 1 aromatic carbocycles. The molecule has 2 aromatic rings.